The van der Waals surface area contributed by atoms with E-state index in [0.717, 1.165) is 0 Å². The highest BCUT2D eigenvalue weighted by molar-refractivity contribution is 6.31. The smallest absolute Gasteiger partial charge is 0.253 e. The normalized spacial score (nSPS) is 11.2. The van der Waals surface area contributed by atoms with E-state index in [4.69, 9.17) is 11.6 Å². The van der Waals surface area contributed by atoms with Crippen LogP contribution in [0.3, 0.4) is 0 Å². The summed E-state index contributed by atoms with van der Waals surface area (Å²) in [6, 6.07) is 4.81. The zero-order chi connectivity index (χ0) is 15.1. The fourth-order valence-corrected chi connectivity index (χ4v) is 1.90. The average molecular weight is 334 g/mol. The molecular weight excluding hydrogens is 313 g/mol. The van der Waals surface area contributed by atoms with Gasteiger partial charge in [0.1, 0.15) is 0 Å². The monoisotopic (exact) mass is 333 g/mol. The highest BCUT2D eigenvalue weighted by Gasteiger charge is 2.17. The number of anilines is 1. The molecule has 2 amide bonds. The van der Waals surface area contributed by atoms with Crippen LogP contribution in [0, 0.1) is 5.92 Å². The number of amides is 2. The molecule has 0 aromatic heterocycles. The number of nitrogens with one attached hydrogen (secondary N) is 3. The van der Waals surface area contributed by atoms with E-state index in [1.807, 2.05) is 13.8 Å². The van der Waals surface area contributed by atoms with Crippen LogP contribution in [0.15, 0.2) is 18.2 Å². The minimum Gasteiger partial charge on any atom is -0.352 e. The molecule has 1 unspecified atom stereocenters. The van der Waals surface area contributed by atoms with Crippen molar-refractivity contribution in [3.05, 3.63) is 28.8 Å². The lowest BCUT2D eigenvalue weighted by molar-refractivity contribution is -0.119. The molecule has 118 valence electrons. The average Bonchev–Trinajstić information content (AvgIpc) is 2.39. The van der Waals surface area contributed by atoms with E-state index < -0.39 is 0 Å². The van der Waals surface area contributed by atoms with Crippen LogP contribution in [-0.2, 0) is 4.79 Å². The molecule has 0 bridgehead atoms. The Bertz CT molecular complexity index is 495. The summed E-state index contributed by atoms with van der Waals surface area (Å²) in [5, 5.41) is 8.86. The van der Waals surface area contributed by atoms with Gasteiger partial charge < -0.3 is 16.0 Å². The minimum absolute atomic E-state index is 0. The molecule has 21 heavy (non-hydrogen) atoms. The lowest BCUT2D eigenvalue weighted by Crippen LogP contribution is -2.30. The maximum Gasteiger partial charge on any atom is 0.253 e. The van der Waals surface area contributed by atoms with Crippen molar-refractivity contribution in [2.24, 2.45) is 5.92 Å². The molecule has 1 atom stereocenters. The van der Waals surface area contributed by atoms with Gasteiger partial charge in [0, 0.05) is 24.0 Å². The number of carbonyl (C=O) groups excluding carboxylic acids is 2. The van der Waals surface area contributed by atoms with Gasteiger partial charge in [0.25, 0.3) is 5.91 Å². The Morgan fingerprint density at radius 2 is 2.00 bits per heavy atom. The van der Waals surface area contributed by atoms with Gasteiger partial charge >= 0.3 is 0 Å². The van der Waals surface area contributed by atoms with Crippen LogP contribution in [-0.4, -0.2) is 32.0 Å². The van der Waals surface area contributed by atoms with Crippen LogP contribution in [0.2, 0.25) is 5.02 Å². The van der Waals surface area contributed by atoms with Crippen LogP contribution in [0.5, 0.6) is 0 Å². The molecule has 1 rings (SSSR count). The predicted molar refractivity (Wildman–Crippen MR) is 88.4 cm³/mol. The Balaban J connectivity index is 0.00000400. The number of rotatable bonds is 6. The molecule has 0 saturated carbocycles. The summed E-state index contributed by atoms with van der Waals surface area (Å²) in [5.74, 6) is -0.603. The van der Waals surface area contributed by atoms with Crippen molar-refractivity contribution in [2.75, 3.05) is 25.5 Å². The quantitative estimate of drug-likeness (QED) is 0.748. The number of hydrogen-bond donors (Lipinski definition) is 3. The first-order chi connectivity index (χ1) is 9.49. The van der Waals surface area contributed by atoms with Gasteiger partial charge in [-0.25, -0.2) is 0 Å². The summed E-state index contributed by atoms with van der Waals surface area (Å²) in [5.41, 5.74) is 0.831. The molecule has 0 aliphatic heterocycles. The molecule has 0 radical (unpaired) electrons. The van der Waals surface area contributed by atoms with E-state index in [-0.39, 0.29) is 30.1 Å². The number of halogens is 2. The van der Waals surface area contributed by atoms with Crippen LogP contribution < -0.4 is 16.0 Å². The van der Waals surface area contributed by atoms with E-state index in [1.54, 1.807) is 25.2 Å². The van der Waals surface area contributed by atoms with Crippen molar-refractivity contribution in [1.29, 1.82) is 0 Å². The molecule has 0 spiro atoms. The van der Waals surface area contributed by atoms with Gasteiger partial charge in [-0.15, -0.1) is 12.4 Å². The second kappa shape index (κ2) is 9.60. The number of carbonyl (C=O) groups is 2. The first kappa shape index (κ1) is 19.7. The minimum atomic E-state index is -0.235. The van der Waals surface area contributed by atoms with Crippen LogP contribution in [0.25, 0.3) is 0 Å². The first-order valence-corrected chi connectivity index (χ1v) is 6.90. The maximum atomic E-state index is 12.0. The Labute approximate surface area is 136 Å². The second-order valence-corrected chi connectivity index (χ2v) is 4.93. The SMILES string of the molecule is CCNC(=O)c1ccc(Cl)cc1NC(=O)C(C)CNC.Cl. The summed E-state index contributed by atoms with van der Waals surface area (Å²) in [7, 11) is 1.78. The molecule has 0 saturated heterocycles. The Morgan fingerprint density at radius 1 is 1.33 bits per heavy atom. The van der Waals surface area contributed by atoms with E-state index in [0.29, 0.717) is 29.4 Å². The number of benzene rings is 1. The van der Waals surface area contributed by atoms with Crippen LogP contribution in [0.1, 0.15) is 24.2 Å². The topological polar surface area (TPSA) is 70.2 Å². The van der Waals surface area contributed by atoms with Gasteiger partial charge in [-0.2, -0.15) is 0 Å². The lowest BCUT2D eigenvalue weighted by Gasteiger charge is -2.14. The second-order valence-electron chi connectivity index (χ2n) is 4.50. The summed E-state index contributed by atoms with van der Waals surface area (Å²) < 4.78 is 0. The fraction of sp³-hybridized carbons (Fsp3) is 0.429. The summed E-state index contributed by atoms with van der Waals surface area (Å²) >= 11 is 5.93. The Hall–Kier alpha value is -1.30. The van der Waals surface area contributed by atoms with Crippen LogP contribution >= 0.6 is 24.0 Å². The molecular formula is C14H21Cl2N3O2. The molecule has 5 nitrogen and oxygen atoms in total. The maximum absolute atomic E-state index is 12.0. The van der Waals surface area contributed by atoms with Gasteiger partial charge in [-0.3, -0.25) is 9.59 Å². The Morgan fingerprint density at radius 3 is 2.57 bits per heavy atom. The molecule has 7 heteroatoms. The van der Waals surface area contributed by atoms with Gasteiger partial charge in [0.05, 0.1) is 11.3 Å². The number of hydrogen-bond acceptors (Lipinski definition) is 3. The standard InChI is InChI=1S/C14H20ClN3O2.ClH/c1-4-17-14(20)11-6-5-10(15)7-12(11)18-13(19)9(2)8-16-3;/h5-7,9,16H,4,8H2,1-3H3,(H,17,20)(H,18,19);1H. The van der Waals surface area contributed by atoms with E-state index in [9.17, 15) is 9.59 Å². The van der Waals surface area contributed by atoms with Gasteiger partial charge in [0.15, 0.2) is 0 Å². The van der Waals surface area contributed by atoms with Crippen molar-refractivity contribution >= 4 is 41.5 Å². The molecule has 0 heterocycles. The van der Waals surface area contributed by atoms with Gasteiger partial charge in [-0.05, 0) is 32.2 Å². The summed E-state index contributed by atoms with van der Waals surface area (Å²) in [6.45, 7) is 4.72. The molecule has 1 aromatic rings. The molecule has 3 N–H and O–H groups in total. The van der Waals surface area contributed by atoms with Gasteiger partial charge in [0.2, 0.25) is 5.91 Å². The van der Waals surface area contributed by atoms with Crippen LogP contribution in [0.4, 0.5) is 5.69 Å². The zero-order valence-electron chi connectivity index (χ0n) is 12.3. The fourth-order valence-electron chi connectivity index (χ4n) is 1.73. The summed E-state index contributed by atoms with van der Waals surface area (Å²) in [6.07, 6.45) is 0. The third-order valence-corrected chi connectivity index (χ3v) is 3.01. The van der Waals surface area contributed by atoms with E-state index >= 15 is 0 Å². The zero-order valence-corrected chi connectivity index (χ0v) is 13.9. The van der Waals surface area contributed by atoms with Crippen molar-refractivity contribution < 1.29 is 9.59 Å². The molecule has 0 fully saturated rings. The lowest BCUT2D eigenvalue weighted by atomic mass is 10.1. The largest absolute Gasteiger partial charge is 0.352 e. The highest BCUT2D eigenvalue weighted by Crippen LogP contribution is 2.21. The summed E-state index contributed by atoms with van der Waals surface area (Å²) in [4.78, 5) is 24.0. The molecule has 0 aliphatic carbocycles. The van der Waals surface area contributed by atoms with Crippen molar-refractivity contribution in [1.82, 2.24) is 10.6 Å². The highest BCUT2D eigenvalue weighted by atomic mass is 35.5. The van der Waals surface area contributed by atoms with Crippen molar-refractivity contribution in [3.63, 3.8) is 0 Å². The molecule has 1 aromatic carbocycles. The van der Waals surface area contributed by atoms with Crippen molar-refractivity contribution in [2.45, 2.75) is 13.8 Å². The predicted octanol–water partition coefficient (Wildman–Crippen LogP) is 2.31. The molecule has 0 aliphatic rings. The Kier molecular flexibility index (Phi) is 9.01. The third kappa shape index (κ3) is 5.91. The first-order valence-electron chi connectivity index (χ1n) is 6.52. The van der Waals surface area contributed by atoms with E-state index in [2.05, 4.69) is 16.0 Å². The van der Waals surface area contributed by atoms with Crippen molar-refractivity contribution in [3.8, 4) is 0 Å². The van der Waals surface area contributed by atoms with Gasteiger partial charge in [-0.1, -0.05) is 18.5 Å². The van der Waals surface area contributed by atoms with E-state index in [1.165, 1.54) is 0 Å². The third-order valence-electron chi connectivity index (χ3n) is 2.78.